The first-order chi connectivity index (χ1) is 13.5. The topological polar surface area (TPSA) is 122 Å². The van der Waals surface area contributed by atoms with Gasteiger partial charge in [-0.15, -0.1) is 11.3 Å². The van der Waals surface area contributed by atoms with E-state index in [1.54, 1.807) is 16.5 Å². The molecular weight excluding hydrogens is 384 g/mol. The molecule has 1 aliphatic heterocycles. The van der Waals surface area contributed by atoms with E-state index in [1.807, 2.05) is 4.90 Å². The number of carbonyl (C=O) groups excluding carboxylic acids is 1. The van der Waals surface area contributed by atoms with Gasteiger partial charge in [0.2, 0.25) is 11.3 Å². The highest BCUT2D eigenvalue weighted by Crippen LogP contribution is 2.20. The number of thiazole rings is 1. The molecule has 144 valence electrons. The molecule has 0 aliphatic carbocycles. The van der Waals surface area contributed by atoms with Gasteiger partial charge in [-0.2, -0.15) is 0 Å². The van der Waals surface area contributed by atoms with Crippen LogP contribution in [0.3, 0.4) is 0 Å². The normalized spacial score (nSPS) is 14.5. The monoisotopic (exact) mass is 400 g/mol. The summed E-state index contributed by atoms with van der Waals surface area (Å²) >= 11 is 1.29. The Hall–Kier alpha value is -3.34. The Morgan fingerprint density at radius 1 is 1.18 bits per heavy atom. The second-order valence-electron chi connectivity index (χ2n) is 6.26. The molecule has 0 aromatic carbocycles. The number of rotatable bonds is 3. The molecule has 1 N–H and O–H groups in total. The van der Waals surface area contributed by atoms with Gasteiger partial charge in [-0.05, 0) is 0 Å². The summed E-state index contributed by atoms with van der Waals surface area (Å²) in [6.45, 7) is 3.87. The van der Waals surface area contributed by atoms with Crippen molar-refractivity contribution in [3.05, 3.63) is 39.8 Å². The van der Waals surface area contributed by atoms with Crippen LogP contribution < -0.4 is 10.3 Å². The van der Waals surface area contributed by atoms with Gasteiger partial charge < -0.3 is 14.9 Å². The van der Waals surface area contributed by atoms with Crippen molar-refractivity contribution < 1.29 is 14.7 Å². The Morgan fingerprint density at radius 2 is 1.93 bits per heavy atom. The van der Waals surface area contributed by atoms with Crippen molar-refractivity contribution in [1.29, 1.82) is 0 Å². The van der Waals surface area contributed by atoms with Crippen molar-refractivity contribution in [2.45, 2.75) is 6.92 Å². The number of aromatic nitrogens is 4. The van der Waals surface area contributed by atoms with E-state index in [1.165, 1.54) is 35.2 Å². The highest BCUT2D eigenvalue weighted by molar-refractivity contribution is 7.12. The molecule has 3 aromatic heterocycles. The zero-order valence-electron chi connectivity index (χ0n) is 14.9. The minimum Gasteiger partial charge on any atom is -0.477 e. The van der Waals surface area contributed by atoms with Gasteiger partial charge in [-0.3, -0.25) is 14.2 Å². The molecule has 0 saturated carbocycles. The molecule has 10 nitrogen and oxygen atoms in total. The second-order valence-corrected chi connectivity index (χ2v) is 7.13. The minimum absolute atomic E-state index is 0.0266. The van der Waals surface area contributed by atoms with Crippen LogP contribution in [0.25, 0.3) is 16.3 Å². The van der Waals surface area contributed by atoms with Crippen LogP contribution in [-0.2, 0) is 4.79 Å². The number of amides is 1. The first-order valence-corrected chi connectivity index (χ1v) is 9.39. The number of hydrogen-bond acceptors (Lipinski definition) is 8. The summed E-state index contributed by atoms with van der Waals surface area (Å²) in [5.74, 6) is -0.741. The maximum absolute atomic E-state index is 12.5. The Labute approximate surface area is 162 Å². The summed E-state index contributed by atoms with van der Waals surface area (Å²) in [7, 11) is 0. The van der Waals surface area contributed by atoms with E-state index < -0.39 is 11.4 Å². The Kier molecular flexibility index (Phi) is 4.51. The lowest BCUT2D eigenvalue weighted by molar-refractivity contribution is -0.129. The maximum Gasteiger partial charge on any atom is 0.341 e. The molecular formula is C17H16N6O4S. The number of piperazine rings is 1. The van der Waals surface area contributed by atoms with Gasteiger partial charge in [0.1, 0.15) is 11.4 Å². The Morgan fingerprint density at radius 3 is 2.54 bits per heavy atom. The molecule has 3 aromatic rings. The van der Waals surface area contributed by atoms with Gasteiger partial charge in [-0.1, -0.05) is 0 Å². The molecule has 1 saturated heterocycles. The number of hydrogen-bond donors (Lipinski definition) is 1. The van der Waals surface area contributed by atoms with Gasteiger partial charge >= 0.3 is 5.97 Å². The number of pyridine rings is 1. The Balaban J connectivity index is 1.82. The molecule has 4 rings (SSSR count). The summed E-state index contributed by atoms with van der Waals surface area (Å²) in [5.41, 5.74) is -0.853. The van der Waals surface area contributed by atoms with Crippen LogP contribution in [0.1, 0.15) is 17.3 Å². The highest BCUT2D eigenvalue weighted by atomic mass is 32.1. The van der Waals surface area contributed by atoms with E-state index >= 15 is 0 Å². The fourth-order valence-corrected chi connectivity index (χ4v) is 3.73. The lowest BCUT2D eigenvalue weighted by atomic mass is 10.2. The third-order valence-electron chi connectivity index (χ3n) is 4.59. The van der Waals surface area contributed by atoms with E-state index in [0.29, 0.717) is 37.1 Å². The van der Waals surface area contributed by atoms with Gasteiger partial charge in [0.15, 0.2) is 16.3 Å². The lowest BCUT2D eigenvalue weighted by Gasteiger charge is -2.34. The number of aromatic carboxylic acids is 1. The molecule has 0 unspecified atom stereocenters. The van der Waals surface area contributed by atoms with Crippen molar-refractivity contribution in [3.63, 3.8) is 0 Å². The highest BCUT2D eigenvalue weighted by Gasteiger charge is 2.23. The molecule has 1 fully saturated rings. The Bertz CT molecular complexity index is 1120. The average molecular weight is 400 g/mol. The fraction of sp³-hybridized carbons (Fsp3) is 0.294. The van der Waals surface area contributed by atoms with Crippen LogP contribution in [0, 0.1) is 0 Å². The molecule has 0 atom stereocenters. The fourth-order valence-electron chi connectivity index (χ4n) is 3.11. The van der Waals surface area contributed by atoms with Crippen molar-refractivity contribution in [2.75, 3.05) is 31.1 Å². The first kappa shape index (κ1) is 18.0. The zero-order valence-corrected chi connectivity index (χ0v) is 15.7. The van der Waals surface area contributed by atoms with E-state index in [0.717, 1.165) is 0 Å². The first-order valence-electron chi connectivity index (χ1n) is 8.51. The van der Waals surface area contributed by atoms with Gasteiger partial charge in [0, 0.05) is 50.9 Å². The number of carboxylic acid groups (broad SMARTS) is 1. The van der Waals surface area contributed by atoms with Crippen LogP contribution in [0.4, 0.5) is 5.82 Å². The average Bonchev–Trinajstić information content (AvgIpc) is 3.22. The van der Waals surface area contributed by atoms with Gasteiger partial charge in [-0.25, -0.2) is 19.7 Å². The maximum atomic E-state index is 12.5. The number of carboxylic acids is 1. The SMILES string of the molecule is CC(=O)N1CCN(c2cnc3c(=O)c(C(=O)O)cn(-c4nccs4)c3n2)CC1. The summed E-state index contributed by atoms with van der Waals surface area (Å²) in [4.78, 5) is 52.2. The molecule has 4 heterocycles. The van der Waals surface area contributed by atoms with Crippen molar-refractivity contribution in [2.24, 2.45) is 0 Å². The predicted octanol–water partition coefficient (Wildman–Crippen LogP) is 0.604. The number of fused-ring (bicyclic) bond motifs is 1. The summed E-state index contributed by atoms with van der Waals surface area (Å²) < 4.78 is 1.48. The van der Waals surface area contributed by atoms with Gasteiger partial charge in [0.25, 0.3) is 0 Å². The molecule has 1 aliphatic rings. The number of carbonyl (C=O) groups is 2. The molecule has 0 bridgehead atoms. The minimum atomic E-state index is -1.33. The van der Waals surface area contributed by atoms with Crippen molar-refractivity contribution >= 4 is 40.2 Å². The zero-order chi connectivity index (χ0) is 19.8. The van der Waals surface area contributed by atoms with E-state index in [4.69, 9.17) is 0 Å². The standard InChI is InChI=1S/C17H16N6O4S/c1-10(24)21-3-5-22(6-4-21)12-8-19-13-14(25)11(16(26)27)9-23(15(13)20-12)17-18-2-7-28-17/h2,7-9H,3-6H2,1H3,(H,26,27). The summed E-state index contributed by atoms with van der Waals surface area (Å²) in [5, 5.41) is 11.6. The second kappa shape index (κ2) is 7.00. The van der Waals surface area contributed by atoms with Crippen molar-refractivity contribution in [1.82, 2.24) is 24.4 Å². The van der Waals surface area contributed by atoms with Crippen LogP contribution >= 0.6 is 11.3 Å². The summed E-state index contributed by atoms with van der Waals surface area (Å²) in [6, 6.07) is 0. The van der Waals surface area contributed by atoms with E-state index in [9.17, 15) is 19.5 Å². The van der Waals surface area contributed by atoms with Crippen LogP contribution in [0.15, 0.2) is 28.8 Å². The van der Waals surface area contributed by atoms with Crippen LogP contribution in [-0.4, -0.2) is 67.6 Å². The van der Waals surface area contributed by atoms with Crippen LogP contribution in [0.5, 0.6) is 0 Å². The van der Waals surface area contributed by atoms with E-state index in [2.05, 4.69) is 15.0 Å². The number of anilines is 1. The molecule has 0 spiro atoms. The van der Waals surface area contributed by atoms with Crippen molar-refractivity contribution in [3.8, 4) is 5.13 Å². The summed E-state index contributed by atoms with van der Waals surface area (Å²) in [6.07, 6.45) is 4.28. The van der Waals surface area contributed by atoms with Crippen LogP contribution in [0.2, 0.25) is 0 Å². The molecule has 1 amide bonds. The third kappa shape index (κ3) is 3.09. The van der Waals surface area contributed by atoms with E-state index in [-0.39, 0.29) is 22.6 Å². The molecule has 0 radical (unpaired) electrons. The number of nitrogens with zero attached hydrogens (tertiary/aromatic N) is 6. The predicted molar refractivity (Wildman–Crippen MR) is 102 cm³/mol. The smallest absolute Gasteiger partial charge is 0.341 e. The molecule has 28 heavy (non-hydrogen) atoms. The lowest BCUT2D eigenvalue weighted by Crippen LogP contribution is -2.48. The van der Waals surface area contributed by atoms with Gasteiger partial charge in [0.05, 0.1) is 6.20 Å². The molecule has 11 heteroatoms. The largest absolute Gasteiger partial charge is 0.477 e. The third-order valence-corrected chi connectivity index (χ3v) is 5.36. The quantitative estimate of drug-likeness (QED) is 0.678.